The highest BCUT2D eigenvalue weighted by Crippen LogP contribution is 2.14. The number of Topliss-reactive ketones (excluding diaryl/α,β-unsaturated/α-hetero) is 1. The molecule has 0 aromatic heterocycles. The summed E-state index contributed by atoms with van der Waals surface area (Å²) in [6.07, 6.45) is -1.61. The molecule has 0 radical (unpaired) electrons. The number of ether oxygens (including phenoxy) is 4. The second-order valence-electron chi connectivity index (χ2n) is 8.60. The SMILES string of the molecule is COC(=O)C(CC(=O)[C@H](CCCNC(=O)OCc1ccccc1)NC(=O)OC(C)(C)C)C(=O)OC. The summed E-state index contributed by atoms with van der Waals surface area (Å²) in [4.78, 5) is 60.9. The van der Waals surface area contributed by atoms with Crippen LogP contribution in [-0.4, -0.2) is 62.3 Å². The molecule has 35 heavy (non-hydrogen) atoms. The van der Waals surface area contributed by atoms with Crippen molar-refractivity contribution in [1.82, 2.24) is 10.6 Å². The predicted molar refractivity (Wildman–Crippen MR) is 124 cm³/mol. The zero-order valence-corrected chi connectivity index (χ0v) is 20.8. The number of nitrogens with one attached hydrogen (secondary N) is 2. The van der Waals surface area contributed by atoms with E-state index in [9.17, 15) is 24.0 Å². The number of benzene rings is 1. The van der Waals surface area contributed by atoms with Crippen molar-refractivity contribution in [2.45, 2.75) is 58.3 Å². The topological polar surface area (TPSA) is 146 Å². The van der Waals surface area contributed by atoms with Crippen LogP contribution in [0.5, 0.6) is 0 Å². The van der Waals surface area contributed by atoms with Crippen molar-refractivity contribution in [3.63, 3.8) is 0 Å². The van der Waals surface area contributed by atoms with E-state index < -0.39 is 53.9 Å². The molecule has 0 unspecified atom stereocenters. The molecule has 0 heterocycles. The molecule has 0 spiro atoms. The molecule has 2 amide bonds. The van der Waals surface area contributed by atoms with E-state index in [0.717, 1.165) is 19.8 Å². The molecule has 0 aliphatic rings. The van der Waals surface area contributed by atoms with E-state index in [0.29, 0.717) is 0 Å². The third-order valence-corrected chi connectivity index (χ3v) is 4.61. The maximum absolute atomic E-state index is 12.9. The van der Waals surface area contributed by atoms with Crippen LogP contribution in [0.2, 0.25) is 0 Å². The van der Waals surface area contributed by atoms with E-state index in [1.807, 2.05) is 30.3 Å². The molecule has 0 aliphatic carbocycles. The summed E-state index contributed by atoms with van der Waals surface area (Å²) in [5.74, 6) is -3.91. The first kappa shape index (κ1) is 29.4. The van der Waals surface area contributed by atoms with Crippen LogP contribution in [0.25, 0.3) is 0 Å². The minimum Gasteiger partial charge on any atom is -0.468 e. The van der Waals surface area contributed by atoms with Crippen molar-refractivity contribution in [2.75, 3.05) is 20.8 Å². The van der Waals surface area contributed by atoms with E-state index in [1.165, 1.54) is 0 Å². The summed E-state index contributed by atoms with van der Waals surface area (Å²) in [5.41, 5.74) is 0.0307. The van der Waals surface area contributed by atoms with Crippen molar-refractivity contribution < 1.29 is 42.9 Å². The van der Waals surface area contributed by atoms with Crippen molar-refractivity contribution in [1.29, 1.82) is 0 Å². The lowest BCUT2D eigenvalue weighted by atomic mass is 9.96. The van der Waals surface area contributed by atoms with Gasteiger partial charge < -0.3 is 29.6 Å². The Balaban J connectivity index is 2.70. The van der Waals surface area contributed by atoms with Gasteiger partial charge in [0, 0.05) is 13.0 Å². The Morgan fingerprint density at radius 1 is 0.914 bits per heavy atom. The first-order valence-electron chi connectivity index (χ1n) is 11.1. The van der Waals surface area contributed by atoms with Gasteiger partial charge in [-0.15, -0.1) is 0 Å². The van der Waals surface area contributed by atoms with Gasteiger partial charge in [-0.1, -0.05) is 30.3 Å². The Kier molecular flexibility index (Phi) is 12.3. The van der Waals surface area contributed by atoms with E-state index in [-0.39, 0.29) is 26.0 Å². The number of ketones is 1. The largest absolute Gasteiger partial charge is 0.468 e. The third kappa shape index (κ3) is 11.9. The molecule has 1 aromatic rings. The Bertz CT molecular complexity index is 849. The van der Waals surface area contributed by atoms with Gasteiger partial charge in [-0.3, -0.25) is 14.4 Å². The van der Waals surface area contributed by atoms with Gasteiger partial charge in [0.15, 0.2) is 11.7 Å². The Morgan fingerprint density at radius 2 is 1.51 bits per heavy atom. The lowest BCUT2D eigenvalue weighted by Gasteiger charge is -2.24. The molecule has 0 saturated heterocycles. The fourth-order valence-corrected chi connectivity index (χ4v) is 2.93. The molecule has 11 heteroatoms. The highest BCUT2D eigenvalue weighted by Gasteiger charge is 2.34. The number of alkyl carbamates (subject to hydrolysis) is 2. The number of hydrogen-bond donors (Lipinski definition) is 2. The lowest BCUT2D eigenvalue weighted by molar-refractivity contribution is -0.160. The first-order chi connectivity index (χ1) is 16.5. The third-order valence-electron chi connectivity index (χ3n) is 4.61. The van der Waals surface area contributed by atoms with Gasteiger partial charge in [0.05, 0.1) is 20.3 Å². The smallest absolute Gasteiger partial charge is 0.408 e. The molecular formula is C24H34N2O9. The highest BCUT2D eigenvalue weighted by molar-refractivity contribution is 6.00. The summed E-state index contributed by atoms with van der Waals surface area (Å²) in [6.45, 7) is 5.26. The molecule has 194 valence electrons. The summed E-state index contributed by atoms with van der Waals surface area (Å²) < 4.78 is 19.5. The second-order valence-corrected chi connectivity index (χ2v) is 8.60. The number of esters is 2. The minimum absolute atomic E-state index is 0.103. The van der Waals surface area contributed by atoms with Crippen molar-refractivity contribution >= 4 is 29.9 Å². The average molecular weight is 495 g/mol. The molecule has 1 atom stereocenters. The molecule has 0 saturated carbocycles. The number of hydrogen-bond acceptors (Lipinski definition) is 9. The summed E-state index contributed by atoms with van der Waals surface area (Å²) in [6, 6.07) is 8.07. The van der Waals surface area contributed by atoms with Crippen molar-refractivity contribution in [3.05, 3.63) is 35.9 Å². The quantitative estimate of drug-likeness (QED) is 0.194. The zero-order valence-electron chi connectivity index (χ0n) is 20.8. The highest BCUT2D eigenvalue weighted by atomic mass is 16.6. The number of carbonyl (C=O) groups is 5. The summed E-state index contributed by atoms with van der Waals surface area (Å²) >= 11 is 0. The van der Waals surface area contributed by atoms with Crippen LogP contribution >= 0.6 is 0 Å². The molecule has 1 aromatic carbocycles. The second kappa shape index (κ2) is 14.6. The molecule has 2 N–H and O–H groups in total. The number of carbonyl (C=O) groups excluding carboxylic acids is 5. The van der Waals surface area contributed by atoms with Crippen LogP contribution in [0.3, 0.4) is 0 Å². The van der Waals surface area contributed by atoms with Gasteiger partial charge >= 0.3 is 24.1 Å². The van der Waals surface area contributed by atoms with Gasteiger partial charge in [0.2, 0.25) is 0 Å². The van der Waals surface area contributed by atoms with Crippen LogP contribution in [0.1, 0.15) is 45.6 Å². The van der Waals surface area contributed by atoms with E-state index in [2.05, 4.69) is 20.1 Å². The first-order valence-corrected chi connectivity index (χ1v) is 11.1. The fourth-order valence-electron chi connectivity index (χ4n) is 2.93. The maximum Gasteiger partial charge on any atom is 0.408 e. The zero-order chi connectivity index (χ0) is 26.4. The van der Waals surface area contributed by atoms with Crippen LogP contribution < -0.4 is 10.6 Å². The van der Waals surface area contributed by atoms with Gasteiger partial charge in [-0.05, 0) is 39.2 Å². The van der Waals surface area contributed by atoms with E-state index >= 15 is 0 Å². The van der Waals surface area contributed by atoms with Crippen molar-refractivity contribution in [2.24, 2.45) is 5.92 Å². The molecule has 11 nitrogen and oxygen atoms in total. The molecule has 0 bridgehead atoms. The van der Waals surface area contributed by atoms with E-state index in [4.69, 9.17) is 9.47 Å². The van der Waals surface area contributed by atoms with Crippen LogP contribution in [-0.2, 0) is 39.9 Å². The van der Waals surface area contributed by atoms with Crippen LogP contribution in [0, 0.1) is 5.92 Å². The Hall–Kier alpha value is -3.63. The lowest BCUT2D eigenvalue weighted by Crippen LogP contribution is -2.45. The molecular weight excluding hydrogens is 460 g/mol. The number of rotatable bonds is 12. The number of amides is 2. The monoisotopic (exact) mass is 494 g/mol. The normalized spacial score (nSPS) is 11.7. The van der Waals surface area contributed by atoms with E-state index in [1.54, 1.807) is 20.8 Å². The van der Waals surface area contributed by atoms with Gasteiger partial charge in [-0.2, -0.15) is 0 Å². The van der Waals surface area contributed by atoms with Crippen LogP contribution in [0.15, 0.2) is 30.3 Å². The van der Waals surface area contributed by atoms with Gasteiger partial charge in [-0.25, -0.2) is 9.59 Å². The predicted octanol–water partition coefficient (Wildman–Crippen LogP) is 2.51. The van der Waals surface area contributed by atoms with Crippen molar-refractivity contribution in [3.8, 4) is 0 Å². The standard InChI is InChI=1S/C24H34N2O9/c1-24(2,3)35-23(31)26-18(19(27)14-17(20(28)32-4)21(29)33-5)12-9-13-25-22(30)34-15-16-10-7-6-8-11-16/h6-8,10-11,17-18H,9,12-15H2,1-5H3,(H,25,30)(H,26,31)/t18-/m0/s1. The Labute approximate surface area is 204 Å². The minimum atomic E-state index is -1.47. The van der Waals surface area contributed by atoms with Gasteiger partial charge in [0.25, 0.3) is 0 Å². The maximum atomic E-state index is 12.9. The summed E-state index contributed by atoms with van der Waals surface area (Å²) in [7, 11) is 2.17. The average Bonchev–Trinajstić information content (AvgIpc) is 2.81. The molecule has 0 fully saturated rings. The van der Waals surface area contributed by atoms with Crippen LogP contribution in [0.4, 0.5) is 9.59 Å². The Morgan fingerprint density at radius 3 is 2.06 bits per heavy atom. The molecule has 1 rings (SSSR count). The van der Waals surface area contributed by atoms with Gasteiger partial charge in [0.1, 0.15) is 12.2 Å². The fraction of sp³-hybridized carbons (Fsp3) is 0.542. The molecule has 0 aliphatic heterocycles. The summed E-state index contributed by atoms with van der Waals surface area (Å²) in [5, 5.41) is 5.04. The number of methoxy groups -OCH3 is 2.